The molecule has 0 bridgehead atoms. The minimum atomic E-state index is -3.15. The van der Waals surface area contributed by atoms with Crippen LogP contribution in [0.3, 0.4) is 0 Å². The van der Waals surface area contributed by atoms with Crippen molar-refractivity contribution in [2.45, 2.75) is 26.3 Å². The SMILES string of the molecule is CC(C)N1CCN(c2cnc(-c3ccc(N4CCCS4(=O)=O)cc3)cn2)CC1. The van der Waals surface area contributed by atoms with Crippen LogP contribution >= 0.6 is 0 Å². The van der Waals surface area contributed by atoms with Crippen LogP contribution < -0.4 is 9.21 Å². The summed E-state index contributed by atoms with van der Waals surface area (Å²) in [6.07, 6.45) is 4.31. The van der Waals surface area contributed by atoms with Gasteiger partial charge < -0.3 is 4.90 Å². The van der Waals surface area contributed by atoms with Crippen molar-refractivity contribution in [3.05, 3.63) is 36.7 Å². The number of benzene rings is 1. The number of anilines is 2. The maximum Gasteiger partial charge on any atom is 0.235 e. The predicted molar refractivity (Wildman–Crippen MR) is 112 cm³/mol. The normalized spacial score (nSPS) is 20.1. The molecule has 2 fully saturated rings. The Morgan fingerprint density at radius 3 is 2.18 bits per heavy atom. The molecule has 3 heterocycles. The van der Waals surface area contributed by atoms with E-state index in [1.165, 1.54) is 4.31 Å². The summed E-state index contributed by atoms with van der Waals surface area (Å²) in [6.45, 7) is 9.03. The van der Waals surface area contributed by atoms with E-state index in [-0.39, 0.29) is 5.75 Å². The third-order valence-electron chi connectivity index (χ3n) is 5.56. The van der Waals surface area contributed by atoms with Gasteiger partial charge in [-0.3, -0.25) is 14.2 Å². The molecule has 7 nitrogen and oxygen atoms in total. The van der Waals surface area contributed by atoms with Crippen LogP contribution in [-0.4, -0.2) is 67.8 Å². The number of aromatic nitrogens is 2. The second kappa shape index (κ2) is 7.67. The summed E-state index contributed by atoms with van der Waals surface area (Å²) >= 11 is 0. The van der Waals surface area contributed by atoms with Crippen LogP contribution in [0.4, 0.5) is 11.5 Å². The lowest BCUT2D eigenvalue weighted by molar-refractivity contribution is 0.209. The van der Waals surface area contributed by atoms with Crippen LogP contribution in [0.15, 0.2) is 36.7 Å². The highest BCUT2D eigenvalue weighted by Gasteiger charge is 2.28. The highest BCUT2D eigenvalue weighted by atomic mass is 32.2. The summed E-state index contributed by atoms with van der Waals surface area (Å²) in [5.74, 6) is 1.14. The summed E-state index contributed by atoms with van der Waals surface area (Å²) in [6, 6.07) is 8.09. The molecule has 0 atom stereocenters. The molecule has 8 heteroatoms. The van der Waals surface area contributed by atoms with E-state index < -0.39 is 10.0 Å². The zero-order valence-corrected chi connectivity index (χ0v) is 17.3. The fraction of sp³-hybridized carbons (Fsp3) is 0.500. The first kappa shape index (κ1) is 19.1. The van der Waals surface area contributed by atoms with Gasteiger partial charge >= 0.3 is 0 Å². The van der Waals surface area contributed by atoms with Crippen LogP contribution in [0.1, 0.15) is 20.3 Å². The van der Waals surface area contributed by atoms with Gasteiger partial charge in [0.25, 0.3) is 0 Å². The molecule has 2 aromatic rings. The fourth-order valence-electron chi connectivity index (χ4n) is 3.83. The second-order valence-electron chi connectivity index (χ2n) is 7.67. The topological polar surface area (TPSA) is 69.6 Å². The van der Waals surface area contributed by atoms with Crippen molar-refractivity contribution in [3.8, 4) is 11.3 Å². The fourth-order valence-corrected chi connectivity index (χ4v) is 5.39. The summed E-state index contributed by atoms with van der Waals surface area (Å²) in [5, 5.41) is 0. The Labute approximate surface area is 167 Å². The zero-order valence-electron chi connectivity index (χ0n) is 16.5. The van der Waals surface area contributed by atoms with Crippen molar-refractivity contribution in [2.75, 3.05) is 47.7 Å². The summed E-state index contributed by atoms with van der Waals surface area (Å²) in [5.41, 5.74) is 2.44. The van der Waals surface area contributed by atoms with Gasteiger partial charge in [0.05, 0.1) is 29.5 Å². The molecule has 1 aromatic heterocycles. The monoisotopic (exact) mass is 401 g/mol. The molecule has 0 radical (unpaired) electrons. The highest BCUT2D eigenvalue weighted by molar-refractivity contribution is 7.93. The van der Waals surface area contributed by atoms with E-state index >= 15 is 0 Å². The lowest BCUT2D eigenvalue weighted by atomic mass is 10.1. The van der Waals surface area contributed by atoms with Crippen LogP contribution in [-0.2, 0) is 10.0 Å². The maximum atomic E-state index is 12.1. The Kier molecular flexibility index (Phi) is 5.25. The van der Waals surface area contributed by atoms with Gasteiger partial charge in [-0.05, 0) is 32.4 Å². The maximum absolute atomic E-state index is 12.1. The van der Waals surface area contributed by atoms with Gasteiger partial charge in [0, 0.05) is 44.3 Å². The van der Waals surface area contributed by atoms with Gasteiger partial charge in [-0.25, -0.2) is 13.4 Å². The molecule has 2 saturated heterocycles. The van der Waals surface area contributed by atoms with Crippen molar-refractivity contribution < 1.29 is 8.42 Å². The van der Waals surface area contributed by atoms with E-state index in [0.717, 1.165) is 43.3 Å². The number of hydrogen-bond donors (Lipinski definition) is 0. The zero-order chi connectivity index (χ0) is 19.7. The van der Waals surface area contributed by atoms with Crippen LogP contribution in [0.25, 0.3) is 11.3 Å². The highest BCUT2D eigenvalue weighted by Crippen LogP contribution is 2.27. The quantitative estimate of drug-likeness (QED) is 0.782. The Balaban J connectivity index is 1.44. The van der Waals surface area contributed by atoms with E-state index in [1.807, 2.05) is 30.5 Å². The molecule has 0 unspecified atom stereocenters. The average Bonchev–Trinajstić information content (AvgIpc) is 3.07. The van der Waals surface area contributed by atoms with E-state index in [2.05, 4.69) is 33.6 Å². The Morgan fingerprint density at radius 1 is 0.929 bits per heavy atom. The minimum Gasteiger partial charge on any atom is -0.353 e. The van der Waals surface area contributed by atoms with Gasteiger partial charge in [-0.2, -0.15) is 0 Å². The summed E-state index contributed by atoms with van der Waals surface area (Å²) < 4.78 is 25.6. The molecule has 0 N–H and O–H groups in total. The minimum absolute atomic E-state index is 0.229. The number of rotatable bonds is 4. The first-order chi connectivity index (χ1) is 13.4. The summed E-state index contributed by atoms with van der Waals surface area (Å²) in [7, 11) is -3.15. The number of piperazine rings is 1. The number of sulfonamides is 1. The lowest BCUT2D eigenvalue weighted by Gasteiger charge is -2.37. The van der Waals surface area contributed by atoms with Crippen molar-refractivity contribution in [3.63, 3.8) is 0 Å². The van der Waals surface area contributed by atoms with Crippen LogP contribution in [0, 0.1) is 0 Å². The third-order valence-corrected chi connectivity index (χ3v) is 7.43. The van der Waals surface area contributed by atoms with E-state index in [0.29, 0.717) is 24.7 Å². The summed E-state index contributed by atoms with van der Waals surface area (Å²) in [4.78, 5) is 13.9. The molecular weight excluding hydrogens is 374 g/mol. The molecule has 0 spiro atoms. The largest absolute Gasteiger partial charge is 0.353 e. The molecule has 1 aromatic carbocycles. The van der Waals surface area contributed by atoms with Crippen molar-refractivity contribution in [1.29, 1.82) is 0 Å². The van der Waals surface area contributed by atoms with Crippen molar-refractivity contribution in [2.24, 2.45) is 0 Å². The molecule has 28 heavy (non-hydrogen) atoms. The molecule has 150 valence electrons. The first-order valence-electron chi connectivity index (χ1n) is 9.86. The average molecular weight is 402 g/mol. The lowest BCUT2D eigenvalue weighted by Crippen LogP contribution is -2.49. The van der Waals surface area contributed by atoms with E-state index in [1.54, 1.807) is 6.20 Å². The van der Waals surface area contributed by atoms with Crippen LogP contribution in [0.5, 0.6) is 0 Å². The molecule has 4 rings (SSSR count). The molecular formula is C20H27N5O2S. The Bertz CT molecular complexity index is 905. The molecule has 0 aliphatic carbocycles. The second-order valence-corrected chi connectivity index (χ2v) is 9.68. The van der Waals surface area contributed by atoms with E-state index in [9.17, 15) is 8.42 Å². The molecule has 0 amide bonds. The van der Waals surface area contributed by atoms with Gasteiger partial charge in [0.15, 0.2) is 0 Å². The standard InChI is InChI=1S/C20H27N5O2S/c1-16(2)23-9-11-24(12-10-23)20-15-21-19(14-22-20)17-4-6-18(7-5-17)25-8-3-13-28(25,26)27/h4-7,14-16H,3,8-13H2,1-2H3. The smallest absolute Gasteiger partial charge is 0.235 e. The molecule has 2 aliphatic rings. The van der Waals surface area contributed by atoms with E-state index in [4.69, 9.17) is 0 Å². The van der Waals surface area contributed by atoms with Gasteiger partial charge in [-0.15, -0.1) is 0 Å². The van der Waals surface area contributed by atoms with Gasteiger partial charge in [0.1, 0.15) is 5.82 Å². The van der Waals surface area contributed by atoms with Gasteiger partial charge in [-0.1, -0.05) is 12.1 Å². The first-order valence-corrected chi connectivity index (χ1v) is 11.5. The predicted octanol–water partition coefficient (Wildman–Crippen LogP) is 2.21. The molecule has 2 aliphatic heterocycles. The third kappa shape index (κ3) is 3.84. The Morgan fingerprint density at radius 2 is 1.64 bits per heavy atom. The Hall–Kier alpha value is -2.19. The van der Waals surface area contributed by atoms with Crippen molar-refractivity contribution in [1.82, 2.24) is 14.9 Å². The van der Waals surface area contributed by atoms with Crippen LogP contribution in [0.2, 0.25) is 0 Å². The van der Waals surface area contributed by atoms with Gasteiger partial charge in [0.2, 0.25) is 10.0 Å². The number of nitrogens with zero attached hydrogens (tertiary/aromatic N) is 5. The van der Waals surface area contributed by atoms with Crippen molar-refractivity contribution >= 4 is 21.5 Å². The number of hydrogen-bond acceptors (Lipinski definition) is 6. The molecule has 0 saturated carbocycles.